The monoisotopic (exact) mass is 229 g/mol. The predicted molar refractivity (Wildman–Crippen MR) is 66.8 cm³/mol. The zero-order chi connectivity index (χ0) is 12.3. The fourth-order valence-electron chi connectivity index (χ4n) is 1.79. The van der Waals surface area contributed by atoms with Crippen LogP contribution in [0.4, 0.5) is 0 Å². The second kappa shape index (κ2) is 4.95. The first-order chi connectivity index (χ1) is 8.20. The van der Waals surface area contributed by atoms with Crippen molar-refractivity contribution in [3.05, 3.63) is 42.1 Å². The van der Waals surface area contributed by atoms with E-state index in [1.165, 1.54) is 7.11 Å². The van der Waals surface area contributed by atoms with Crippen molar-refractivity contribution in [1.82, 2.24) is 4.98 Å². The van der Waals surface area contributed by atoms with Gasteiger partial charge in [-0.1, -0.05) is 31.2 Å². The van der Waals surface area contributed by atoms with Gasteiger partial charge in [0.1, 0.15) is 0 Å². The van der Waals surface area contributed by atoms with Crippen LogP contribution in [0.15, 0.2) is 36.4 Å². The molecule has 2 rings (SSSR count). The maximum absolute atomic E-state index is 11.2. The van der Waals surface area contributed by atoms with Gasteiger partial charge in [-0.2, -0.15) is 0 Å². The summed E-state index contributed by atoms with van der Waals surface area (Å²) in [4.78, 5) is 15.8. The highest BCUT2D eigenvalue weighted by Gasteiger charge is 2.12. The zero-order valence-electron chi connectivity index (χ0n) is 10.0. The molecule has 88 valence electrons. The second-order valence-electron chi connectivity index (χ2n) is 4.11. The van der Waals surface area contributed by atoms with Crippen LogP contribution < -0.4 is 0 Å². The van der Waals surface area contributed by atoms with E-state index in [9.17, 15) is 4.79 Å². The summed E-state index contributed by atoms with van der Waals surface area (Å²) in [5, 5.41) is 1.11. The Morgan fingerprint density at radius 3 is 2.82 bits per heavy atom. The number of fused-ring (bicyclic) bond motifs is 1. The number of methoxy groups -OCH3 is 1. The number of hydrogen-bond acceptors (Lipinski definition) is 3. The van der Waals surface area contributed by atoms with Gasteiger partial charge < -0.3 is 4.74 Å². The van der Waals surface area contributed by atoms with Crippen LogP contribution in [0.3, 0.4) is 0 Å². The minimum absolute atomic E-state index is 0.0760. The Bertz CT molecular complexity index is 536. The molecule has 0 saturated heterocycles. The number of esters is 1. The number of nitrogens with zero attached hydrogens (tertiary/aromatic N) is 1. The second-order valence-corrected chi connectivity index (χ2v) is 4.11. The molecule has 0 saturated carbocycles. The molecule has 1 unspecified atom stereocenters. The van der Waals surface area contributed by atoms with E-state index in [0.29, 0.717) is 6.42 Å². The summed E-state index contributed by atoms with van der Waals surface area (Å²) in [6.07, 6.45) is 0.363. The molecule has 0 aliphatic carbocycles. The molecule has 1 atom stereocenters. The number of carbonyl (C=O) groups is 1. The maximum atomic E-state index is 11.2. The van der Waals surface area contributed by atoms with Gasteiger partial charge in [-0.05, 0) is 12.1 Å². The van der Waals surface area contributed by atoms with Gasteiger partial charge in [-0.3, -0.25) is 9.78 Å². The Morgan fingerprint density at radius 1 is 1.29 bits per heavy atom. The van der Waals surface area contributed by atoms with Gasteiger partial charge in [0, 0.05) is 17.0 Å². The standard InChI is InChI=1S/C14H15NO2/c1-10(9-14(16)17-2)12-8-7-11-5-3-4-6-13(11)15-12/h3-8,10H,9H2,1-2H3. The van der Waals surface area contributed by atoms with E-state index in [4.69, 9.17) is 0 Å². The summed E-state index contributed by atoms with van der Waals surface area (Å²) in [6.45, 7) is 1.98. The predicted octanol–water partition coefficient (Wildman–Crippen LogP) is 2.90. The topological polar surface area (TPSA) is 39.2 Å². The van der Waals surface area contributed by atoms with Gasteiger partial charge in [-0.15, -0.1) is 0 Å². The highest BCUT2D eigenvalue weighted by atomic mass is 16.5. The van der Waals surface area contributed by atoms with Crippen LogP contribution >= 0.6 is 0 Å². The van der Waals surface area contributed by atoms with E-state index in [-0.39, 0.29) is 11.9 Å². The number of ether oxygens (including phenoxy) is 1. The quantitative estimate of drug-likeness (QED) is 0.760. The molecule has 3 nitrogen and oxygen atoms in total. The van der Waals surface area contributed by atoms with Crippen molar-refractivity contribution in [2.24, 2.45) is 0 Å². The smallest absolute Gasteiger partial charge is 0.306 e. The molecule has 0 bridgehead atoms. The number of hydrogen-bond donors (Lipinski definition) is 0. The Labute approximate surface area is 100 Å². The molecule has 0 radical (unpaired) electrons. The summed E-state index contributed by atoms with van der Waals surface area (Å²) < 4.78 is 4.66. The highest BCUT2D eigenvalue weighted by Crippen LogP contribution is 2.20. The van der Waals surface area contributed by atoms with Crippen LogP contribution in [0.1, 0.15) is 25.0 Å². The molecule has 0 aliphatic heterocycles. The molecule has 0 amide bonds. The molecule has 2 aromatic rings. The summed E-state index contributed by atoms with van der Waals surface area (Å²) in [6, 6.07) is 12.0. The third-order valence-electron chi connectivity index (χ3n) is 2.83. The van der Waals surface area contributed by atoms with Crippen molar-refractivity contribution >= 4 is 16.9 Å². The summed E-state index contributed by atoms with van der Waals surface area (Å²) >= 11 is 0. The fraction of sp³-hybridized carbons (Fsp3) is 0.286. The van der Waals surface area contributed by atoms with E-state index >= 15 is 0 Å². The molecule has 0 aliphatic rings. The highest BCUT2D eigenvalue weighted by molar-refractivity contribution is 5.78. The van der Waals surface area contributed by atoms with Crippen molar-refractivity contribution < 1.29 is 9.53 Å². The van der Waals surface area contributed by atoms with E-state index in [0.717, 1.165) is 16.6 Å². The van der Waals surface area contributed by atoms with Crippen LogP contribution in [-0.2, 0) is 9.53 Å². The maximum Gasteiger partial charge on any atom is 0.306 e. The number of benzene rings is 1. The number of rotatable bonds is 3. The van der Waals surface area contributed by atoms with Crippen molar-refractivity contribution in [2.45, 2.75) is 19.3 Å². The SMILES string of the molecule is COC(=O)CC(C)c1ccc2ccccc2n1. The lowest BCUT2D eigenvalue weighted by Gasteiger charge is -2.10. The first-order valence-electron chi connectivity index (χ1n) is 5.63. The first kappa shape index (κ1) is 11.6. The van der Waals surface area contributed by atoms with E-state index < -0.39 is 0 Å². The van der Waals surface area contributed by atoms with Crippen molar-refractivity contribution in [2.75, 3.05) is 7.11 Å². The summed E-state index contributed by atoms with van der Waals surface area (Å²) in [5.74, 6) is -0.125. The zero-order valence-corrected chi connectivity index (χ0v) is 10.0. The largest absolute Gasteiger partial charge is 0.469 e. The minimum Gasteiger partial charge on any atom is -0.469 e. The molecule has 0 spiro atoms. The van der Waals surface area contributed by atoms with Crippen molar-refractivity contribution in [3.8, 4) is 0 Å². The number of pyridine rings is 1. The lowest BCUT2D eigenvalue weighted by molar-refractivity contribution is -0.141. The number of carbonyl (C=O) groups excluding carboxylic acids is 1. The molecule has 1 heterocycles. The lowest BCUT2D eigenvalue weighted by Crippen LogP contribution is -2.07. The molecule has 1 aromatic heterocycles. The third-order valence-corrected chi connectivity index (χ3v) is 2.83. The van der Waals surface area contributed by atoms with Crippen LogP contribution in [0.25, 0.3) is 10.9 Å². The van der Waals surface area contributed by atoms with E-state index in [2.05, 4.69) is 9.72 Å². The Morgan fingerprint density at radius 2 is 2.06 bits per heavy atom. The lowest BCUT2D eigenvalue weighted by atomic mass is 10.0. The Balaban J connectivity index is 2.26. The van der Waals surface area contributed by atoms with Gasteiger partial charge in [0.25, 0.3) is 0 Å². The van der Waals surface area contributed by atoms with Gasteiger partial charge in [0.05, 0.1) is 19.0 Å². The van der Waals surface area contributed by atoms with Crippen LogP contribution in [0.2, 0.25) is 0 Å². The normalized spacial score (nSPS) is 12.4. The van der Waals surface area contributed by atoms with Gasteiger partial charge in [-0.25, -0.2) is 0 Å². The van der Waals surface area contributed by atoms with Gasteiger partial charge in [0.15, 0.2) is 0 Å². The Kier molecular flexibility index (Phi) is 3.38. The molecule has 0 N–H and O–H groups in total. The van der Waals surface area contributed by atoms with Crippen LogP contribution in [0.5, 0.6) is 0 Å². The van der Waals surface area contributed by atoms with E-state index in [1.54, 1.807) is 0 Å². The number of aromatic nitrogens is 1. The first-order valence-corrected chi connectivity index (χ1v) is 5.63. The third kappa shape index (κ3) is 2.61. The average molecular weight is 229 g/mol. The summed E-state index contributed by atoms with van der Waals surface area (Å²) in [5.41, 5.74) is 1.89. The van der Waals surface area contributed by atoms with E-state index in [1.807, 2.05) is 43.3 Å². The average Bonchev–Trinajstić information content (AvgIpc) is 2.38. The van der Waals surface area contributed by atoms with Gasteiger partial charge >= 0.3 is 5.97 Å². The molecule has 17 heavy (non-hydrogen) atoms. The molecular formula is C14H15NO2. The molecule has 1 aromatic carbocycles. The van der Waals surface area contributed by atoms with Crippen LogP contribution in [-0.4, -0.2) is 18.1 Å². The fourth-order valence-corrected chi connectivity index (χ4v) is 1.79. The van der Waals surface area contributed by atoms with Crippen molar-refractivity contribution in [1.29, 1.82) is 0 Å². The molecular weight excluding hydrogens is 214 g/mol. The van der Waals surface area contributed by atoms with Gasteiger partial charge in [0.2, 0.25) is 0 Å². The minimum atomic E-state index is -0.201. The molecule has 0 fully saturated rings. The van der Waals surface area contributed by atoms with Crippen LogP contribution in [0, 0.1) is 0 Å². The molecule has 3 heteroatoms. The van der Waals surface area contributed by atoms with Crippen molar-refractivity contribution in [3.63, 3.8) is 0 Å². The number of para-hydroxylation sites is 1. The summed E-state index contributed by atoms with van der Waals surface area (Å²) in [7, 11) is 1.41. The Hall–Kier alpha value is -1.90.